The Morgan fingerprint density at radius 1 is 1.27 bits per heavy atom. The summed E-state index contributed by atoms with van der Waals surface area (Å²) in [5.41, 5.74) is 6.27. The second kappa shape index (κ2) is 7.14. The first kappa shape index (κ1) is 16.0. The summed E-state index contributed by atoms with van der Waals surface area (Å²) in [6, 6.07) is 4.61. The molecule has 1 aromatic heterocycles. The van der Waals surface area contributed by atoms with Crippen molar-refractivity contribution in [2.24, 2.45) is 11.7 Å². The number of hydrogen-bond donors (Lipinski definition) is 2. The van der Waals surface area contributed by atoms with Crippen LogP contribution in [0.2, 0.25) is 0 Å². The van der Waals surface area contributed by atoms with Gasteiger partial charge in [-0.25, -0.2) is 0 Å². The molecule has 2 saturated carbocycles. The SMILES string of the molecule is N[C@@H]1CCC[C@H]1CC(=O)NCC1(c2cccs2)CCCCC1. The van der Waals surface area contributed by atoms with E-state index in [0.29, 0.717) is 12.3 Å². The van der Waals surface area contributed by atoms with Gasteiger partial charge in [-0.1, -0.05) is 31.7 Å². The molecule has 4 heteroatoms. The molecule has 2 atom stereocenters. The van der Waals surface area contributed by atoms with E-state index in [4.69, 9.17) is 5.73 Å². The third-order valence-corrected chi connectivity index (χ3v) is 6.76. The molecule has 0 aliphatic heterocycles. The topological polar surface area (TPSA) is 55.1 Å². The van der Waals surface area contributed by atoms with Crippen molar-refractivity contribution < 1.29 is 4.79 Å². The van der Waals surface area contributed by atoms with Gasteiger partial charge < -0.3 is 11.1 Å². The zero-order valence-electron chi connectivity index (χ0n) is 13.4. The van der Waals surface area contributed by atoms with Crippen LogP contribution in [0.4, 0.5) is 0 Å². The second-order valence-electron chi connectivity index (χ2n) is 7.15. The highest BCUT2D eigenvalue weighted by atomic mass is 32.1. The van der Waals surface area contributed by atoms with Gasteiger partial charge in [0.05, 0.1) is 0 Å². The minimum absolute atomic E-state index is 0.180. The number of thiophene rings is 1. The maximum absolute atomic E-state index is 12.3. The summed E-state index contributed by atoms with van der Waals surface area (Å²) in [5.74, 6) is 0.591. The average Bonchev–Trinajstić information content (AvgIpc) is 3.19. The van der Waals surface area contributed by atoms with Crippen LogP contribution in [0.1, 0.15) is 62.7 Å². The molecular formula is C18H28N2OS. The van der Waals surface area contributed by atoms with Gasteiger partial charge in [0.25, 0.3) is 0 Å². The summed E-state index contributed by atoms with van der Waals surface area (Å²) in [6.07, 6.45) is 10.3. The van der Waals surface area contributed by atoms with E-state index in [1.807, 2.05) is 11.3 Å². The first-order valence-electron chi connectivity index (χ1n) is 8.76. The molecule has 0 radical (unpaired) electrons. The quantitative estimate of drug-likeness (QED) is 0.871. The molecule has 1 aromatic rings. The van der Waals surface area contributed by atoms with E-state index >= 15 is 0 Å². The fourth-order valence-electron chi connectivity index (χ4n) is 4.22. The van der Waals surface area contributed by atoms with E-state index in [2.05, 4.69) is 22.8 Å². The van der Waals surface area contributed by atoms with Crippen molar-refractivity contribution in [3.05, 3.63) is 22.4 Å². The molecule has 122 valence electrons. The molecule has 2 aliphatic carbocycles. The largest absolute Gasteiger partial charge is 0.355 e. The first-order valence-corrected chi connectivity index (χ1v) is 9.64. The zero-order valence-corrected chi connectivity index (χ0v) is 14.2. The predicted molar refractivity (Wildman–Crippen MR) is 92.0 cm³/mol. The van der Waals surface area contributed by atoms with E-state index in [1.54, 1.807) is 0 Å². The summed E-state index contributed by atoms with van der Waals surface area (Å²) in [7, 11) is 0. The van der Waals surface area contributed by atoms with Crippen LogP contribution >= 0.6 is 11.3 Å². The van der Waals surface area contributed by atoms with Gasteiger partial charge >= 0.3 is 0 Å². The Morgan fingerprint density at radius 2 is 2.09 bits per heavy atom. The minimum atomic E-state index is 0.180. The highest BCUT2D eigenvalue weighted by Gasteiger charge is 2.35. The molecular weight excluding hydrogens is 292 g/mol. The van der Waals surface area contributed by atoms with Gasteiger partial charge in [0.15, 0.2) is 0 Å². The van der Waals surface area contributed by atoms with E-state index in [0.717, 1.165) is 19.4 Å². The highest BCUT2D eigenvalue weighted by Crippen LogP contribution is 2.41. The van der Waals surface area contributed by atoms with Gasteiger partial charge in [0.2, 0.25) is 5.91 Å². The Labute approximate surface area is 137 Å². The van der Waals surface area contributed by atoms with Crippen molar-refractivity contribution in [3.8, 4) is 0 Å². The third-order valence-electron chi connectivity index (χ3n) is 5.64. The van der Waals surface area contributed by atoms with Crippen LogP contribution in [0.3, 0.4) is 0 Å². The monoisotopic (exact) mass is 320 g/mol. The third kappa shape index (κ3) is 3.54. The fourth-order valence-corrected chi connectivity index (χ4v) is 5.20. The highest BCUT2D eigenvalue weighted by molar-refractivity contribution is 7.10. The van der Waals surface area contributed by atoms with Crippen LogP contribution < -0.4 is 11.1 Å². The van der Waals surface area contributed by atoms with Crippen molar-refractivity contribution in [3.63, 3.8) is 0 Å². The molecule has 3 rings (SSSR count). The number of nitrogens with two attached hydrogens (primary N) is 1. The maximum Gasteiger partial charge on any atom is 0.220 e. The van der Waals surface area contributed by atoms with Gasteiger partial charge in [-0.05, 0) is 43.0 Å². The lowest BCUT2D eigenvalue weighted by molar-refractivity contribution is -0.122. The van der Waals surface area contributed by atoms with Crippen LogP contribution in [0, 0.1) is 5.92 Å². The van der Waals surface area contributed by atoms with E-state index in [1.165, 1.54) is 43.4 Å². The summed E-state index contributed by atoms with van der Waals surface area (Å²) in [6.45, 7) is 0.800. The number of amides is 1. The Hall–Kier alpha value is -0.870. The molecule has 1 heterocycles. The van der Waals surface area contributed by atoms with Crippen LogP contribution in [0.5, 0.6) is 0 Å². The summed E-state index contributed by atoms with van der Waals surface area (Å²) >= 11 is 1.84. The van der Waals surface area contributed by atoms with Crippen LogP contribution in [-0.4, -0.2) is 18.5 Å². The van der Waals surface area contributed by atoms with E-state index in [9.17, 15) is 4.79 Å². The molecule has 0 unspecified atom stereocenters. The zero-order chi connectivity index (χ0) is 15.4. The lowest BCUT2D eigenvalue weighted by Gasteiger charge is -2.37. The number of carbonyl (C=O) groups is 1. The molecule has 22 heavy (non-hydrogen) atoms. The molecule has 2 fully saturated rings. The van der Waals surface area contributed by atoms with Crippen molar-refractivity contribution in [1.29, 1.82) is 0 Å². The number of nitrogens with one attached hydrogen (secondary N) is 1. The molecule has 3 N–H and O–H groups in total. The van der Waals surface area contributed by atoms with Gasteiger partial charge in [0.1, 0.15) is 0 Å². The molecule has 0 aromatic carbocycles. The maximum atomic E-state index is 12.3. The number of hydrogen-bond acceptors (Lipinski definition) is 3. The molecule has 1 amide bonds. The summed E-state index contributed by atoms with van der Waals surface area (Å²) in [5, 5.41) is 5.40. The predicted octanol–water partition coefficient (Wildman–Crippen LogP) is 3.58. The fraction of sp³-hybridized carbons (Fsp3) is 0.722. The molecule has 0 saturated heterocycles. The number of rotatable bonds is 5. The van der Waals surface area contributed by atoms with Crippen molar-refractivity contribution in [1.82, 2.24) is 5.32 Å². The van der Waals surface area contributed by atoms with Gasteiger partial charge in [-0.15, -0.1) is 11.3 Å². The van der Waals surface area contributed by atoms with Gasteiger partial charge in [-0.3, -0.25) is 4.79 Å². The van der Waals surface area contributed by atoms with Crippen molar-refractivity contribution in [2.45, 2.75) is 69.2 Å². The minimum Gasteiger partial charge on any atom is -0.355 e. The van der Waals surface area contributed by atoms with Crippen LogP contribution in [0.15, 0.2) is 17.5 Å². The van der Waals surface area contributed by atoms with Crippen LogP contribution in [-0.2, 0) is 10.2 Å². The van der Waals surface area contributed by atoms with Crippen LogP contribution in [0.25, 0.3) is 0 Å². The van der Waals surface area contributed by atoms with E-state index in [-0.39, 0.29) is 17.4 Å². The number of carbonyl (C=O) groups excluding carboxylic acids is 1. The van der Waals surface area contributed by atoms with Gasteiger partial charge in [-0.2, -0.15) is 0 Å². The molecule has 0 bridgehead atoms. The molecule has 2 aliphatic rings. The summed E-state index contributed by atoms with van der Waals surface area (Å²) < 4.78 is 0. The second-order valence-corrected chi connectivity index (χ2v) is 8.10. The first-order chi connectivity index (χ1) is 10.7. The molecule has 3 nitrogen and oxygen atoms in total. The normalized spacial score (nSPS) is 27.7. The van der Waals surface area contributed by atoms with Gasteiger partial charge in [0, 0.05) is 29.3 Å². The van der Waals surface area contributed by atoms with Crippen molar-refractivity contribution in [2.75, 3.05) is 6.54 Å². The van der Waals surface area contributed by atoms with E-state index < -0.39 is 0 Å². The Balaban J connectivity index is 1.58. The average molecular weight is 321 g/mol. The standard InChI is InChI=1S/C18H28N2OS/c19-15-7-4-6-14(15)12-17(21)20-13-18(9-2-1-3-10-18)16-8-5-11-22-16/h5,8,11,14-15H,1-4,6-7,9-10,12-13,19H2,(H,20,21)/t14-,15+/m0/s1. The Bertz CT molecular complexity index is 479. The Kier molecular flexibility index (Phi) is 5.19. The lowest BCUT2D eigenvalue weighted by Crippen LogP contribution is -2.42. The molecule has 0 spiro atoms. The summed E-state index contributed by atoms with van der Waals surface area (Å²) in [4.78, 5) is 13.8. The van der Waals surface area contributed by atoms with Crippen molar-refractivity contribution >= 4 is 17.2 Å². The lowest BCUT2D eigenvalue weighted by atomic mass is 9.73. The Morgan fingerprint density at radius 3 is 2.73 bits per heavy atom. The smallest absolute Gasteiger partial charge is 0.220 e.